The lowest BCUT2D eigenvalue weighted by molar-refractivity contribution is -0.301. The van der Waals surface area contributed by atoms with Crippen LogP contribution in [0.5, 0.6) is 0 Å². The lowest BCUT2D eigenvalue weighted by Crippen LogP contribution is -2.42. The highest BCUT2D eigenvalue weighted by molar-refractivity contribution is 5.55. The second-order valence-corrected chi connectivity index (χ2v) is 2.22. The van der Waals surface area contributed by atoms with E-state index in [1.165, 1.54) is 0 Å². The van der Waals surface area contributed by atoms with Crippen molar-refractivity contribution in [1.82, 2.24) is 0 Å². The monoisotopic (exact) mass is 208 g/mol. The molecule has 0 aromatic rings. The zero-order chi connectivity index (χ0) is 11.1. The summed E-state index contributed by atoms with van der Waals surface area (Å²) in [6.07, 6.45) is -7.00. The van der Waals surface area contributed by atoms with Gasteiger partial charge in [0.15, 0.2) is 0 Å². The van der Waals surface area contributed by atoms with Gasteiger partial charge in [-0.05, 0) is 0 Å². The van der Waals surface area contributed by atoms with E-state index in [-0.39, 0.29) is 0 Å². The van der Waals surface area contributed by atoms with Gasteiger partial charge in [-0.25, -0.2) is 0 Å². The highest BCUT2D eigenvalue weighted by Gasteiger charge is 2.16. The Morgan fingerprint density at radius 3 is 2.21 bits per heavy atom. The molecule has 0 aliphatic heterocycles. The number of carbonyl (C=O) groups excluding carboxylic acids is 2. The quantitative estimate of drug-likeness (QED) is 0.442. The van der Waals surface area contributed by atoms with Gasteiger partial charge in [0.2, 0.25) is 0 Å². The molecule has 0 spiro atoms. The van der Waals surface area contributed by atoms with Crippen LogP contribution in [0.4, 0.5) is 9.59 Å². The minimum Gasteiger partial charge on any atom is -0.547 e. The Bertz CT molecular complexity index is 202. The van der Waals surface area contributed by atoms with Crippen LogP contribution in [0.15, 0.2) is 0 Å². The normalized spacial score (nSPS) is 14.1. The molecule has 0 unspecified atom stereocenters. The van der Waals surface area contributed by atoms with Crippen LogP contribution >= 0.6 is 0 Å². The van der Waals surface area contributed by atoms with Gasteiger partial charge >= 0.3 is 0 Å². The molecule has 0 amide bonds. The van der Waals surface area contributed by atoms with Crippen molar-refractivity contribution in [2.75, 3.05) is 13.2 Å². The molecule has 0 saturated heterocycles. The third kappa shape index (κ3) is 5.17. The molecule has 2 N–H and O–H groups in total. The van der Waals surface area contributed by atoms with Gasteiger partial charge < -0.3 is 39.5 Å². The van der Waals surface area contributed by atoms with E-state index in [9.17, 15) is 19.8 Å². The third-order valence-corrected chi connectivity index (χ3v) is 1.23. The molecule has 0 rings (SSSR count). The second kappa shape index (κ2) is 6.00. The summed E-state index contributed by atoms with van der Waals surface area (Å²) in [5.41, 5.74) is 0. The minimum absolute atomic E-state index is 0.780. The summed E-state index contributed by atoms with van der Waals surface area (Å²) in [5.74, 6) is 0. The minimum atomic E-state index is -1.97. The first kappa shape index (κ1) is 12.5. The van der Waals surface area contributed by atoms with Crippen molar-refractivity contribution in [1.29, 1.82) is 0 Å². The lowest BCUT2D eigenvalue weighted by Gasteiger charge is -2.27. The highest BCUT2D eigenvalue weighted by atomic mass is 16.7. The van der Waals surface area contributed by atoms with Crippen LogP contribution in [0.3, 0.4) is 0 Å². The van der Waals surface area contributed by atoms with Crippen molar-refractivity contribution in [3.8, 4) is 0 Å². The number of aliphatic hydroxyl groups excluding tert-OH is 2. The molecule has 0 heterocycles. The topological polar surface area (TPSA) is 139 Å². The number of carboxylic acid groups (broad SMARTS) is 2. The Hall–Kier alpha value is -1.54. The number of aliphatic hydroxyl groups is 2. The summed E-state index contributed by atoms with van der Waals surface area (Å²) in [6.45, 7) is -1.59. The predicted octanol–water partition coefficient (Wildman–Crippen LogP) is -3.57. The molecule has 0 aromatic heterocycles. The molecule has 0 fully saturated rings. The third-order valence-electron chi connectivity index (χ3n) is 1.23. The maximum atomic E-state index is 9.93. The molecular formula is C6H8O8-2. The van der Waals surface area contributed by atoms with Crippen molar-refractivity contribution in [2.45, 2.75) is 12.2 Å². The van der Waals surface area contributed by atoms with Crippen LogP contribution in [0, 0.1) is 0 Å². The predicted molar refractivity (Wildman–Crippen MR) is 34.7 cm³/mol. The molecular weight excluding hydrogens is 200 g/mol. The summed E-state index contributed by atoms with van der Waals surface area (Å²) in [7, 11) is 0. The van der Waals surface area contributed by atoms with Crippen LogP contribution in [-0.4, -0.2) is 47.9 Å². The molecule has 14 heavy (non-hydrogen) atoms. The average Bonchev–Trinajstić information content (AvgIpc) is 2.10. The van der Waals surface area contributed by atoms with Crippen LogP contribution in [0.2, 0.25) is 0 Å². The molecule has 0 saturated carbocycles. The number of hydrogen-bond acceptors (Lipinski definition) is 8. The van der Waals surface area contributed by atoms with Gasteiger partial charge in [-0.2, -0.15) is 0 Å². The van der Waals surface area contributed by atoms with E-state index in [0.717, 1.165) is 0 Å². The van der Waals surface area contributed by atoms with Crippen LogP contribution in [-0.2, 0) is 9.47 Å². The molecule has 2 atom stereocenters. The van der Waals surface area contributed by atoms with Gasteiger partial charge in [0, 0.05) is 0 Å². The van der Waals surface area contributed by atoms with Crippen LogP contribution in [0.25, 0.3) is 0 Å². The number of rotatable bonds is 5. The van der Waals surface area contributed by atoms with Crippen molar-refractivity contribution in [2.24, 2.45) is 0 Å². The first-order chi connectivity index (χ1) is 6.47. The Morgan fingerprint density at radius 1 is 1.29 bits per heavy atom. The van der Waals surface area contributed by atoms with E-state index in [2.05, 4.69) is 9.47 Å². The summed E-state index contributed by atoms with van der Waals surface area (Å²) in [5, 5.41) is 37.1. The standard InChI is InChI=1S/C6H10O8/c7-1-3(8)4(14-6(11)12)2-13-5(9)10/h3-4,7-8H,1-2H2,(H,9,10)(H,11,12)/p-2/t3-,4+/m1/s1. The number of hydrogen-bond donors (Lipinski definition) is 2. The van der Waals surface area contributed by atoms with E-state index < -0.39 is 37.7 Å². The summed E-state index contributed by atoms with van der Waals surface area (Å²) < 4.78 is 7.78. The maximum absolute atomic E-state index is 9.93. The van der Waals surface area contributed by atoms with Crippen molar-refractivity contribution >= 4 is 12.3 Å². The fourth-order valence-electron chi connectivity index (χ4n) is 0.615. The molecule has 0 bridgehead atoms. The smallest absolute Gasteiger partial charge is 0.252 e. The van der Waals surface area contributed by atoms with E-state index in [4.69, 9.17) is 10.2 Å². The van der Waals surface area contributed by atoms with Crippen LogP contribution < -0.4 is 10.2 Å². The lowest BCUT2D eigenvalue weighted by atomic mass is 10.2. The largest absolute Gasteiger partial charge is 0.547 e. The maximum Gasteiger partial charge on any atom is 0.252 e. The van der Waals surface area contributed by atoms with Gasteiger partial charge in [0.1, 0.15) is 0 Å². The summed E-state index contributed by atoms with van der Waals surface area (Å²) in [4.78, 5) is 19.7. The first-order valence-corrected chi connectivity index (χ1v) is 3.47. The van der Waals surface area contributed by atoms with Crippen molar-refractivity contribution < 1.29 is 39.5 Å². The molecule has 8 nitrogen and oxygen atoms in total. The first-order valence-electron chi connectivity index (χ1n) is 3.47. The Labute approximate surface area is 78.3 Å². The Kier molecular flexibility index (Phi) is 5.34. The van der Waals surface area contributed by atoms with E-state index >= 15 is 0 Å². The van der Waals surface area contributed by atoms with E-state index in [0.29, 0.717) is 0 Å². The fraction of sp³-hybridized carbons (Fsp3) is 0.667. The van der Waals surface area contributed by atoms with Gasteiger partial charge in [-0.3, -0.25) is 0 Å². The Balaban J connectivity index is 4.09. The molecule has 82 valence electrons. The van der Waals surface area contributed by atoms with Gasteiger partial charge in [0.05, 0.1) is 25.4 Å². The molecule has 0 aliphatic carbocycles. The fourth-order valence-corrected chi connectivity index (χ4v) is 0.615. The summed E-state index contributed by atoms with van der Waals surface area (Å²) in [6, 6.07) is 0. The van der Waals surface area contributed by atoms with Gasteiger partial charge in [-0.1, -0.05) is 0 Å². The van der Waals surface area contributed by atoms with Crippen molar-refractivity contribution in [3.05, 3.63) is 0 Å². The zero-order valence-electron chi connectivity index (χ0n) is 6.91. The van der Waals surface area contributed by atoms with Crippen LogP contribution in [0.1, 0.15) is 0 Å². The van der Waals surface area contributed by atoms with E-state index in [1.807, 2.05) is 0 Å². The SMILES string of the molecule is O=C([O-])OC[C@H](OC(=O)[O-])[C@H](O)CO. The number of ether oxygens (including phenoxy) is 2. The van der Waals surface area contributed by atoms with Gasteiger partial charge in [0.25, 0.3) is 12.3 Å². The molecule has 8 heteroatoms. The van der Waals surface area contributed by atoms with Crippen molar-refractivity contribution in [3.63, 3.8) is 0 Å². The molecule has 0 radical (unpaired) electrons. The van der Waals surface area contributed by atoms with E-state index in [1.54, 1.807) is 0 Å². The molecule has 0 aromatic carbocycles. The number of carbonyl (C=O) groups is 2. The summed E-state index contributed by atoms with van der Waals surface area (Å²) >= 11 is 0. The average molecular weight is 208 g/mol. The van der Waals surface area contributed by atoms with Gasteiger partial charge in [-0.15, -0.1) is 0 Å². The second-order valence-electron chi connectivity index (χ2n) is 2.22. The molecule has 0 aliphatic rings. The Morgan fingerprint density at radius 2 is 1.86 bits per heavy atom. The highest BCUT2D eigenvalue weighted by Crippen LogP contribution is 2.00. The zero-order valence-corrected chi connectivity index (χ0v) is 6.91.